The predicted octanol–water partition coefficient (Wildman–Crippen LogP) is 2.44. The number of alkyl halides is 2. The highest BCUT2D eigenvalue weighted by atomic mass is 19.3. The van der Waals surface area contributed by atoms with E-state index in [1.54, 1.807) is 0 Å². The zero-order valence-corrected chi connectivity index (χ0v) is 11.8. The first-order valence-corrected chi connectivity index (χ1v) is 7.52. The third kappa shape index (κ3) is 3.23. The van der Waals surface area contributed by atoms with Gasteiger partial charge in [-0.05, 0) is 18.4 Å². The summed E-state index contributed by atoms with van der Waals surface area (Å²) in [5, 5.41) is 5.59. The van der Waals surface area contributed by atoms with Crippen LogP contribution in [0.3, 0.4) is 0 Å². The molecule has 0 radical (unpaired) electrons. The molecule has 1 aromatic rings. The lowest BCUT2D eigenvalue weighted by molar-refractivity contribution is -0.124. The minimum Gasteiger partial charge on any atom is -0.351 e. The minimum atomic E-state index is -2.77. The molecule has 21 heavy (non-hydrogen) atoms. The molecule has 2 fully saturated rings. The molecule has 0 spiro atoms. The summed E-state index contributed by atoms with van der Waals surface area (Å²) in [6, 6.07) is 9.37. The summed E-state index contributed by atoms with van der Waals surface area (Å²) in [5.41, 5.74) is 1.21. The van der Waals surface area contributed by atoms with E-state index >= 15 is 0 Å². The van der Waals surface area contributed by atoms with Crippen LogP contribution in [-0.4, -0.2) is 30.5 Å². The van der Waals surface area contributed by atoms with Crippen LogP contribution < -0.4 is 10.6 Å². The van der Waals surface area contributed by atoms with Crippen molar-refractivity contribution in [1.82, 2.24) is 10.6 Å². The molecule has 1 heterocycles. The van der Waals surface area contributed by atoms with Gasteiger partial charge in [-0.25, -0.2) is 8.78 Å². The van der Waals surface area contributed by atoms with Crippen LogP contribution in [0, 0.1) is 0 Å². The van der Waals surface area contributed by atoms with Crippen molar-refractivity contribution in [3.63, 3.8) is 0 Å². The number of hydrogen-bond acceptors (Lipinski definition) is 2. The lowest BCUT2D eigenvalue weighted by atomic mass is 9.94. The van der Waals surface area contributed by atoms with Crippen molar-refractivity contribution in [2.75, 3.05) is 6.54 Å². The van der Waals surface area contributed by atoms with Crippen molar-refractivity contribution < 1.29 is 13.6 Å². The number of halogens is 2. The summed E-state index contributed by atoms with van der Waals surface area (Å²) in [4.78, 5) is 12.2. The first kappa shape index (κ1) is 14.4. The first-order chi connectivity index (χ1) is 10.1. The fourth-order valence-corrected chi connectivity index (χ4v) is 3.42. The van der Waals surface area contributed by atoms with Crippen LogP contribution in [0.5, 0.6) is 0 Å². The van der Waals surface area contributed by atoms with Gasteiger partial charge in [0.1, 0.15) is 0 Å². The van der Waals surface area contributed by atoms with Crippen molar-refractivity contribution in [2.24, 2.45) is 0 Å². The molecule has 3 nitrogen and oxygen atoms in total. The van der Waals surface area contributed by atoms with Crippen molar-refractivity contribution in [3.8, 4) is 0 Å². The summed E-state index contributed by atoms with van der Waals surface area (Å²) in [5.74, 6) is -2.77. The smallest absolute Gasteiger partial charge is 0.262 e. The predicted molar refractivity (Wildman–Crippen MR) is 76.3 cm³/mol. The zero-order valence-electron chi connectivity index (χ0n) is 11.8. The Kier molecular flexibility index (Phi) is 3.93. The average molecular weight is 294 g/mol. The van der Waals surface area contributed by atoms with Crippen LogP contribution in [0.15, 0.2) is 30.3 Å². The number of benzene rings is 1. The highest BCUT2D eigenvalue weighted by Gasteiger charge is 2.43. The van der Waals surface area contributed by atoms with Crippen molar-refractivity contribution in [2.45, 2.75) is 49.6 Å². The van der Waals surface area contributed by atoms with Gasteiger partial charge in [0.15, 0.2) is 0 Å². The van der Waals surface area contributed by atoms with E-state index in [0.29, 0.717) is 0 Å². The second-order valence-corrected chi connectivity index (χ2v) is 6.06. The first-order valence-electron chi connectivity index (χ1n) is 7.52. The Labute approximate surface area is 123 Å². The fourth-order valence-electron chi connectivity index (χ4n) is 3.42. The Balaban J connectivity index is 1.63. The van der Waals surface area contributed by atoms with Gasteiger partial charge in [0.2, 0.25) is 5.91 Å². The average Bonchev–Trinajstić information content (AvgIpc) is 3.06. The maximum atomic E-state index is 13.2. The summed E-state index contributed by atoms with van der Waals surface area (Å²) in [6.45, 7) is -0.405. The molecule has 2 N–H and O–H groups in total. The van der Waals surface area contributed by atoms with Gasteiger partial charge in [-0.1, -0.05) is 36.8 Å². The van der Waals surface area contributed by atoms with Crippen LogP contribution >= 0.6 is 0 Å². The molecule has 0 aromatic heterocycles. The zero-order chi connectivity index (χ0) is 14.9. The molecule has 114 valence electrons. The quantitative estimate of drug-likeness (QED) is 0.899. The van der Waals surface area contributed by atoms with E-state index in [-0.39, 0.29) is 17.9 Å². The van der Waals surface area contributed by atoms with Gasteiger partial charge in [-0.3, -0.25) is 10.1 Å². The van der Waals surface area contributed by atoms with Gasteiger partial charge < -0.3 is 5.32 Å². The summed E-state index contributed by atoms with van der Waals surface area (Å²) < 4.78 is 26.3. The second-order valence-electron chi connectivity index (χ2n) is 6.06. The fraction of sp³-hybridized carbons (Fsp3) is 0.562. The molecule has 1 aliphatic heterocycles. The molecule has 1 saturated heterocycles. The van der Waals surface area contributed by atoms with Crippen LogP contribution in [0.4, 0.5) is 8.78 Å². The molecule has 1 aliphatic carbocycles. The molecule has 3 atom stereocenters. The molecule has 3 rings (SSSR count). The molecule has 1 aromatic carbocycles. The maximum Gasteiger partial charge on any atom is 0.262 e. The van der Waals surface area contributed by atoms with E-state index in [9.17, 15) is 13.6 Å². The van der Waals surface area contributed by atoms with Crippen molar-refractivity contribution in [3.05, 3.63) is 35.9 Å². The van der Waals surface area contributed by atoms with Gasteiger partial charge in [-0.15, -0.1) is 0 Å². The van der Waals surface area contributed by atoms with E-state index in [1.807, 2.05) is 18.2 Å². The highest BCUT2D eigenvalue weighted by molar-refractivity contribution is 5.82. The Morgan fingerprint density at radius 2 is 2.00 bits per heavy atom. The maximum absolute atomic E-state index is 13.2. The van der Waals surface area contributed by atoms with Crippen molar-refractivity contribution >= 4 is 5.91 Å². The number of hydrogen-bond donors (Lipinski definition) is 2. The lowest BCUT2D eigenvalue weighted by Crippen LogP contribution is -2.46. The van der Waals surface area contributed by atoms with Gasteiger partial charge in [0.25, 0.3) is 5.92 Å². The molecular weight excluding hydrogens is 274 g/mol. The highest BCUT2D eigenvalue weighted by Crippen LogP contribution is 2.35. The standard InChI is InChI=1S/C16H20F2N2O/c17-16(18)9-14(19-10-16)15(21)20-13-8-4-7-12(13)11-5-2-1-3-6-11/h1-3,5-6,12-14,19H,4,7-10H2,(H,20,21). The molecule has 1 amide bonds. The molecule has 3 unspecified atom stereocenters. The SMILES string of the molecule is O=C(NC1CCCC1c1ccccc1)C1CC(F)(F)CN1. The monoisotopic (exact) mass is 294 g/mol. The number of nitrogens with one attached hydrogen (secondary N) is 2. The van der Waals surface area contributed by atoms with Crippen LogP contribution in [-0.2, 0) is 4.79 Å². The van der Waals surface area contributed by atoms with E-state index in [2.05, 4.69) is 22.8 Å². The third-order valence-electron chi connectivity index (χ3n) is 4.50. The third-order valence-corrected chi connectivity index (χ3v) is 4.50. The van der Waals surface area contributed by atoms with Gasteiger partial charge in [-0.2, -0.15) is 0 Å². The van der Waals surface area contributed by atoms with Crippen LogP contribution in [0.2, 0.25) is 0 Å². The van der Waals surface area contributed by atoms with E-state index in [1.165, 1.54) is 5.56 Å². The number of amides is 1. The molecular formula is C16H20F2N2O. The van der Waals surface area contributed by atoms with E-state index in [0.717, 1.165) is 19.3 Å². The van der Waals surface area contributed by atoms with Crippen molar-refractivity contribution in [1.29, 1.82) is 0 Å². The Bertz CT molecular complexity index is 506. The Morgan fingerprint density at radius 3 is 2.67 bits per heavy atom. The van der Waals surface area contributed by atoms with E-state index in [4.69, 9.17) is 0 Å². The van der Waals surface area contributed by atoms with Gasteiger partial charge in [0.05, 0.1) is 12.6 Å². The summed E-state index contributed by atoms with van der Waals surface area (Å²) >= 11 is 0. The molecule has 2 aliphatic rings. The van der Waals surface area contributed by atoms with Gasteiger partial charge >= 0.3 is 0 Å². The number of carbonyl (C=O) groups excluding carboxylic acids is 1. The lowest BCUT2D eigenvalue weighted by Gasteiger charge is -2.23. The second kappa shape index (κ2) is 5.72. The summed E-state index contributed by atoms with van der Waals surface area (Å²) in [6.07, 6.45) is 2.60. The van der Waals surface area contributed by atoms with E-state index < -0.39 is 24.9 Å². The Morgan fingerprint density at radius 1 is 1.24 bits per heavy atom. The molecule has 0 bridgehead atoms. The Hall–Kier alpha value is -1.49. The topological polar surface area (TPSA) is 41.1 Å². The number of rotatable bonds is 3. The number of carbonyl (C=O) groups is 1. The normalized spacial score (nSPS) is 31.2. The molecule has 5 heteroatoms. The summed E-state index contributed by atoms with van der Waals surface area (Å²) in [7, 11) is 0. The largest absolute Gasteiger partial charge is 0.351 e. The van der Waals surface area contributed by atoms with Crippen LogP contribution in [0.25, 0.3) is 0 Å². The minimum absolute atomic E-state index is 0.0518. The molecule has 1 saturated carbocycles. The van der Waals surface area contributed by atoms with Gasteiger partial charge in [0, 0.05) is 18.4 Å². The van der Waals surface area contributed by atoms with Crippen LogP contribution in [0.1, 0.15) is 37.2 Å².